The van der Waals surface area contributed by atoms with Crippen LogP contribution in [0.4, 0.5) is 14.5 Å². The van der Waals surface area contributed by atoms with E-state index in [9.17, 15) is 18.9 Å². The van der Waals surface area contributed by atoms with Gasteiger partial charge in [0.25, 0.3) is 5.69 Å². The lowest BCUT2D eigenvalue weighted by Gasteiger charge is -2.14. The predicted molar refractivity (Wildman–Crippen MR) is 74.7 cm³/mol. The van der Waals surface area contributed by atoms with Crippen LogP contribution in [0.3, 0.4) is 0 Å². The number of nitro groups is 1. The zero-order valence-corrected chi connectivity index (χ0v) is 11.3. The molecule has 0 aromatic heterocycles. The van der Waals surface area contributed by atoms with E-state index in [4.69, 9.17) is 0 Å². The summed E-state index contributed by atoms with van der Waals surface area (Å²) in [7, 11) is 0. The summed E-state index contributed by atoms with van der Waals surface area (Å²) in [6, 6.07) is 9.17. The molecule has 2 rings (SSSR count). The maximum absolute atomic E-state index is 13.5. The van der Waals surface area contributed by atoms with Crippen molar-refractivity contribution < 1.29 is 13.7 Å². The first-order chi connectivity index (χ1) is 9.99. The van der Waals surface area contributed by atoms with Crippen molar-refractivity contribution in [1.29, 1.82) is 0 Å². The molecule has 0 aliphatic carbocycles. The zero-order chi connectivity index (χ0) is 15.4. The Morgan fingerprint density at radius 3 is 2.67 bits per heavy atom. The van der Waals surface area contributed by atoms with Gasteiger partial charge in [0.15, 0.2) is 0 Å². The highest BCUT2D eigenvalue weighted by atomic mass is 19.1. The topological polar surface area (TPSA) is 55.2 Å². The first-order valence-electron chi connectivity index (χ1n) is 6.39. The van der Waals surface area contributed by atoms with Gasteiger partial charge in [0, 0.05) is 29.8 Å². The number of nitro benzene ring substituents is 1. The van der Waals surface area contributed by atoms with Gasteiger partial charge in [-0.2, -0.15) is 0 Å². The SMILES string of the molecule is CC(NCc1cc(F)ccc1F)c1ccccc1[N+](=O)[O-]. The second-order valence-electron chi connectivity index (χ2n) is 4.65. The predicted octanol–water partition coefficient (Wildman–Crippen LogP) is 3.72. The molecule has 0 aliphatic rings. The summed E-state index contributed by atoms with van der Waals surface area (Å²) < 4.78 is 26.6. The Morgan fingerprint density at radius 1 is 1.24 bits per heavy atom. The van der Waals surface area contributed by atoms with Crippen LogP contribution >= 0.6 is 0 Å². The minimum absolute atomic E-state index is 0.00258. The second-order valence-corrected chi connectivity index (χ2v) is 4.65. The minimum Gasteiger partial charge on any atom is -0.306 e. The lowest BCUT2D eigenvalue weighted by atomic mass is 10.1. The van der Waals surface area contributed by atoms with Gasteiger partial charge in [0.05, 0.1) is 4.92 Å². The molecule has 2 aromatic rings. The normalized spacial score (nSPS) is 12.1. The molecule has 0 saturated heterocycles. The van der Waals surface area contributed by atoms with E-state index >= 15 is 0 Å². The Hall–Kier alpha value is -2.34. The number of benzene rings is 2. The van der Waals surface area contributed by atoms with Gasteiger partial charge in [0.2, 0.25) is 0 Å². The molecule has 0 amide bonds. The molecule has 0 bridgehead atoms. The largest absolute Gasteiger partial charge is 0.306 e. The molecule has 0 heterocycles. The Kier molecular flexibility index (Phi) is 4.59. The maximum atomic E-state index is 13.5. The number of halogens is 2. The summed E-state index contributed by atoms with van der Waals surface area (Å²) in [6.07, 6.45) is 0. The summed E-state index contributed by atoms with van der Waals surface area (Å²) in [5.74, 6) is -1.04. The minimum atomic E-state index is -0.522. The average molecular weight is 292 g/mol. The molecule has 6 heteroatoms. The van der Waals surface area contributed by atoms with E-state index in [0.717, 1.165) is 18.2 Å². The molecular weight excluding hydrogens is 278 g/mol. The quantitative estimate of drug-likeness (QED) is 0.675. The van der Waals surface area contributed by atoms with Crippen LogP contribution in [-0.4, -0.2) is 4.92 Å². The van der Waals surface area contributed by atoms with E-state index in [-0.39, 0.29) is 23.8 Å². The van der Waals surface area contributed by atoms with E-state index in [0.29, 0.717) is 5.56 Å². The molecule has 1 atom stereocenters. The molecule has 1 N–H and O–H groups in total. The molecule has 21 heavy (non-hydrogen) atoms. The molecule has 1 unspecified atom stereocenters. The number of hydrogen-bond acceptors (Lipinski definition) is 3. The summed E-state index contributed by atoms with van der Waals surface area (Å²) in [5.41, 5.74) is 0.678. The lowest BCUT2D eigenvalue weighted by Crippen LogP contribution is -2.19. The van der Waals surface area contributed by atoms with Crippen LogP contribution in [0.1, 0.15) is 24.1 Å². The Morgan fingerprint density at radius 2 is 1.95 bits per heavy atom. The fraction of sp³-hybridized carbons (Fsp3) is 0.200. The third-order valence-electron chi connectivity index (χ3n) is 3.21. The Bertz CT molecular complexity index is 662. The highest BCUT2D eigenvalue weighted by Crippen LogP contribution is 2.24. The Labute approximate surface area is 120 Å². The van der Waals surface area contributed by atoms with Crippen molar-refractivity contribution in [3.8, 4) is 0 Å². The van der Waals surface area contributed by atoms with Gasteiger partial charge in [-0.15, -0.1) is 0 Å². The van der Waals surface area contributed by atoms with Gasteiger partial charge in [-0.1, -0.05) is 18.2 Å². The first-order valence-corrected chi connectivity index (χ1v) is 6.39. The number of para-hydroxylation sites is 1. The van der Waals surface area contributed by atoms with E-state index in [1.807, 2.05) is 0 Å². The number of nitrogens with one attached hydrogen (secondary N) is 1. The summed E-state index contributed by atoms with van der Waals surface area (Å²) >= 11 is 0. The van der Waals surface area contributed by atoms with Gasteiger partial charge < -0.3 is 5.32 Å². The fourth-order valence-corrected chi connectivity index (χ4v) is 2.07. The van der Waals surface area contributed by atoms with Crippen molar-refractivity contribution in [2.75, 3.05) is 0 Å². The van der Waals surface area contributed by atoms with Gasteiger partial charge in [-0.3, -0.25) is 10.1 Å². The van der Waals surface area contributed by atoms with Crippen molar-refractivity contribution in [2.45, 2.75) is 19.5 Å². The third-order valence-corrected chi connectivity index (χ3v) is 3.21. The number of rotatable bonds is 5. The maximum Gasteiger partial charge on any atom is 0.274 e. The summed E-state index contributed by atoms with van der Waals surface area (Å²) in [6.45, 7) is 1.82. The molecule has 0 aliphatic heterocycles. The summed E-state index contributed by atoms with van der Waals surface area (Å²) in [4.78, 5) is 10.5. The standard InChI is InChI=1S/C15H14F2N2O2/c1-10(13-4-2-3-5-15(13)19(20)21)18-9-11-8-12(16)6-7-14(11)17/h2-8,10,18H,9H2,1H3. The first kappa shape index (κ1) is 15.1. The van der Waals surface area contributed by atoms with Crippen LogP contribution in [0.2, 0.25) is 0 Å². The van der Waals surface area contributed by atoms with Crippen LogP contribution in [0.5, 0.6) is 0 Å². The van der Waals surface area contributed by atoms with Crippen molar-refractivity contribution >= 4 is 5.69 Å². The van der Waals surface area contributed by atoms with Crippen molar-refractivity contribution in [3.05, 3.63) is 75.3 Å². The molecule has 0 saturated carbocycles. The highest BCUT2D eigenvalue weighted by Gasteiger charge is 2.18. The van der Waals surface area contributed by atoms with Gasteiger partial charge in [-0.05, 0) is 25.1 Å². The van der Waals surface area contributed by atoms with Gasteiger partial charge in [0.1, 0.15) is 11.6 Å². The van der Waals surface area contributed by atoms with E-state index in [1.54, 1.807) is 25.1 Å². The monoisotopic (exact) mass is 292 g/mol. The van der Waals surface area contributed by atoms with Gasteiger partial charge in [-0.25, -0.2) is 8.78 Å². The van der Waals surface area contributed by atoms with Crippen LogP contribution in [0, 0.1) is 21.7 Å². The van der Waals surface area contributed by atoms with E-state index < -0.39 is 16.6 Å². The molecule has 0 radical (unpaired) electrons. The molecule has 2 aromatic carbocycles. The molecular formula is C15H14F2N2O2. The fourth-order valence-electron chi connectivity index (χ4n) is 2.07. The van der Waals surface area contributed by atoms with Crippen LogP contribution in [0.25, 0.3) is 0 Å². The second kappa shape index (κ2) is 6.41. The van der Waals surface area contributed by atoms with Crippen LogP contribution in [0.15, 0.2) is 42.5 Å². The number of nitrogens with zero attached hydrogens (tertiary/aromatic N) is 1. The average Bonchev–Trinajstić information content (AvgIpc) is 2.47. The molecule has 0 fully saturated rings. The van der Waals surface area contributed by atoms with Crippen molar-refractivity contribution in [3.63, 3.8) is 0 Å². The van der Waals surface area contributed by atoms with Gasteiger partial charge >= 0.3 is 0 Å². The van der Waals surface area contributed by atoms with E-state index in [2.05, 4.69) is 5.32 Å². The Balaban J connectivity index is 2.14. The summed E-state index contributed by atoms with van der Waals surface area (Å²) in [5, 5.41) is 13.9. The molecule has 110 valence electrons. The van der Waals surface area contributed by atoms with Crippen molar-refractivity contribution in [2.24, 2.45) is 0 Å². The van der Waals surface area contributed by atoms with Crippen LogP contribution in [-0.2, 0) is 6.54 Å². The van der Waals surface area contributed by atoms with Crippen molar-refractivity contribution in [1.82, 2.24) is 5.32 Å². The number of hydrogen-bond donors (Lipinski definition) is 1. The molecule has 0 spiro atoms. The third kappa shape index (κ3) is 3.61. The lowest BCUT2D eigenvalue weighted by molar-refractivity contribution is -0.385. The smallest absolute Gasteiger partial charge is 0.274 e. The van der Waals surface area contributed by atoms with E-state index in [1.165, 1.54) is 6.07 Å². The highest BCUT2D eigenvalue weighted by molar-refractivity contribution is 5.41. The zero-order valence-electron chi connectivity index (χ0n) is 11.3. The molecule has 4 nitrogen and oxygen atoms in total. The van der Waals surface area contributed by atoms with Crippen LogP contribution < -0.4 is 5.32 Å².